The number of rotatable bonds is 5. The summed E-state index contributed by atoms with van der Waals surface area (Å²) in [6.07, 6.45) is -0.179. The van der Waals surface area contributed by atoms with Crippen molar-refractivity contribution < 1.29 is 14.0 Å². The van der Waals surface area contributed by atoms with Crippen LogP contribution in [-0.4, -0.2) is 46.4 Å². The minimum Gasteiger partial charge on any atom is -0.384 e. The van der Waals surface area contributed by atoms with Gasteiger partial charge in [0.15, 0.2) is 0 Å². The molecule has 2 amide bonds. The number of carbonyl (C=O) groups is 2. The molecule has 0 saturated carbocycles. The highest BCUT2D eigenvalue weighted by Gasteiger charge is 2.26. The zero-order chi connectivity index (χ0) is 22.1. The third-order valence-corrected chi connectivity index (χ3v) is 5.73. The van der Waals surface area contributed by atoms with E-state index in [2.05, 4.69) is 0 Å². The van der Waals surface area contributed by atoms with Crippen molar-refractivity contribution in [3.05, 3.63) is 70.9 Å². The molecule has 0 bridgehead atoms. The predicted octanol–water partition coefficient (Wildman–Crippen LogP) is 2.65. The second-order valence-electron chi connectivity index (χ2n) is 7.83. The molecule has 4 rings (SSSR count). The molecule has 160 valence electrons. The van der Waals surface area contributed by atoms with Gasteiger partial charge in [-0.25, -0.2) is 4.39 Å². The second-order valence-corrected chi connectivity index (χ2v) is 7.83. The Morgan fingerprint density at radius 1 is 1.00 bits per heavy atom. The Bertz CT molecular complexity index is 1160. The maximum absolute atomic E-state index is 13.6. The van der Waals surface area contributed by atoms with E-state index in [1.54, 1.807) is 41.3 Å². The fourth-order valence-electron chi connectivity index (χ4n) is 3.94. The minimum atomic E-state index is -0.864. The number of nitrogens with one attached hydrogen (secondary N) is 1. The highest BCUT2D eigenvalue weighted by atomic mass is 19.1. The van der Waals surface area contributed by atoms with Gasteiger partial charge in [-0.2, -0.15) is 0 Å². The SMILES string of the molecule is N=C(N)c1ccc2cc(C(=O)N3CCC(F)CC3)n(Cc3ccc(C(N)=O)cc3)c2c1. The van der Waals surface area contributed by atoms with Crippen LogP contribution in [0.5, 0.6) is 0 Å². The van der Waals surface area contributed by atoms with Crippen LogP contribution < -0.4 is 11.5 Å². The van der Waals surface area contributed by atoms with Crippen molar-refractivity contribution in [3.63, 3.8) is 0 Å². The number of amides is 2. The van der Waals surface area contributed by atoms with Crippen molar-refractivity contribution in [3.8, 4) is 0 Å². The number of primary amides is 1. The van der Waals surface area contributed by atoms with E-state index in [-0.39, 0.29) is 11.7 Å². The molecule has 31 heavy (non-hydrogen) atoms. The molecule has 5 N–H and O–H groups in total. The molecular formula is C23H24FN5O2. The predicted molar refractivity (Wildman–Crippen MR) is 117 cm³/mol. The number of aromatic nitrogens is 1. The number of hydrogen-bond donors (Lipinski definition) is 3. The van der Waals surface area contributed by atoms with E-state index in [9.17, 15) is 14.0 Å². The van der Waals surface area contributed by atoms with Gasteiger partial charge in [0.25, 0.3) is 5.91 Å². The third-order valence-electron chi connectivity index (χ3n) is 5.73. The first-order valence-electron chi connectivity index (χ1n) is 10.1. The second kappa shape index (κ2) is 8.22. The molecule has 0 unspecified atom stereocenters. The van der Waals surface area contributed by atoms with Crippen LogP contribution in [0.2, 0.25) is 0 Å². The quantitative estimate of drug-likeness (QED) is 0.434. The van der Waals surface area contributed by atoms with E-state index in [0.29, 0.717) is 49.3 Å². The smallest absolute Gasteiger partial charge is 0.270 e. The molecule has 3 aromatic rings. The Kier molecular flexibility index (Phi) is 5.46. The lowest BCUT2D eigenvalue weighted by Crippen LogP contribution is -2.39. The highest BCUT2D eigenvalue weighted by molar-refractivity contribution is 6.02. The van der Waals surface area contributed by atoms with Gasteiger partial charge in [-0.05, 0) is 42.7 Å². The molecule has 0 atom stereocenters. The monoisotopic (exact) mass is 421 g/mol. The summed E-state index contributed by atoms with van der Waals surface area (Å²) in [5.74, 6) is -0.712. The van der Waals surface area contributed by atoms with Gasteiger partial charge in [0, 0.05) is 41.7 Å². The summed E-state index contributed by atoms with van der Waals surface area (Å²) in [6, 6.07) is 14.1. The summed E-state index contributed by atoms with van der Waals surface area (Å²) in [5.41, 5.74) is 14.1. The zero-order valence-corrected chi connectivity index (χ0v) is 17.0. The molecule has 0 radical (unpaired) electrons. The lowest BCUT2D eigenvalue weighted by Gasteiger charge is -2.29. The molecule has 1 saturated heterocycles. The van der Waals surface area contributed by atoms with Gasteiger partial charge in [0.05, 0.1) is 0 Å². The zero-order valence-electron chi connectivity index (χ0n) is 17.0. The third kappa shape index (κ3) is 4.14. The highest BCUT2D eigenvalue weighted by Crippen LogP contribution is 2.25. The van der Waals surface area contributed by atoms with Gasteiger partial charge < -0.3 is 20.9 Å². The summed E-state index contributed by atoms with van der Waals surface area (Å²) in [6.45, 7) is 1.14. The first kappa shape index (κ1) is 20.6. The summed E-state index contributed by atoms with van der Waals surface area (Å²) in [4.78, 5) is 26.3. The van der Waals surface area contributed by atoms with Crippen molar-refractivity contribution >= 4 is 28.6 Å². The number of fused-ring (bicyclic) bond motifs is 1. The number of nitrogen functional groups attached to an aromatic ring is 1. The molecule has 1 aromatic heterocycles. The van der Waals surface area contributed by atoms with E-state index in [0.717, 1.165) is 16.5 Å². The van der Waals surface area contributed by atoms with Crippen molar-refractivity contribution in [2.45, 2.75) is 25.6 Å². The number of halogens is 1. The van der Waals surface area contributed by atoms with Gasteiger partial charge in [-0.1, -0.05) is 24.3 Å². The van der Waals surface area contributed by atoms with Gasteiger partial charge in [0.1, 0.15) is 17.7 Å². The average Bonchev–Trinajstić information content (AvgIpc) is 3.11. The number of amidine groups is 1. The maximum atomic E-state index is 13.6. The van der Waals surface area contributed by atoms with Gasteiger partial charge in [-0.15, -0.1) is 0 Å². The van der Waals surface area contributed by atoms with E-state index < -0.39 is 12.1 Å². The molecule has 1 aliphatic rings. The van der Waals surface area contributed by atoms with Crippen LogP contribution in [-0.2, 0) is 6.54 Å². The van der Waals surface area contributed by atoms with E-state index >= 15 is 0 Å². The molecule has 2 heterocycles. The number of carbonyl (C=O) groups excluding carboxylic acids is 2. The lowest BCUT2D eigenvalue weighted by atomic mass is 10.1. The molecule has 1 fully saturated rings. The number of benzene rings is 2. The molecule has 7 nitrogen and oxygen atoms in total. The Balaban J connectivity index is 1.76. The topological polar surface area (TPSA) is 118 Å². The van der Waals surface area contributed by atoms with E-state index in [4.69, 9.17) is 16.9 Å². The largest absolute Gasteiger partial charge is 0.384 e. The van der Waals surface area contributed by atoms with Crippen molar-refractivity contribution in [1.82, 2.24) is 9.47 Å². The molecule has 8 heteroatoms. The fraction of sp³-hybridized carbons (Fsp3) is 0.261. The number of alkyl halides is 1. The first-order chi connectivity index (χ1) is 14.8. The Morgan fingerprint density at radius 2 is 1.65 bits per heavy atom. The van der Waals surface area contributed by atoms with E-state index in [1.165, 1.54) is 0 Å². The summed E-state index contributed by atoms with van der Waals surface area (Å²) in [7, 11) is 0. The number of piperidine rings is 1. The van der Waals surface area contributed by atoms with Crippen molar-refractivity contribution in [2.24, 2.45) is 11.5 Å². The van der Waals surface area contributed by atoms with Crippen LogP contribution in [0, 0.1) is 5.41 Å². The number of likely N-dealkylation sites (tertiary alicyclic amines) is 1. The Morgan fingerprint density at radius 3 is 2.26 bits per heavy atom. The molecule has 0 aliphatic carbocycles. The summed E-state index contributed by atoms with van der Waals surface area (Å²) < 4.78 is 15.4. The van der Waals surface area contributed by atoms with Crippen molar-refractivity contribution in [1.29, 1.82) is 5.41 Å². The van der Waals surface area contributed by atoms with E-state index in [1.807, 2.05) is 16.7 Å². The molecule has 1 aliphatic heterocycles. The standard InChI is InChI=1S/C23H24FN5O2/c24-18-7-9-28(10-8-18)23(31)20-11-16-5-6-17(21(25)26)12-19(16)29(20)13-14-1-3-15(4-2-14)22(27)30/h1-6,11-12,18H,7-10,13H2,(H3,25,26)(H2,27,30). The average molecular weight is 421 g/mol. The van der Waals surface area contributed by atoms with Crippen molar-refractivity contribution in [2.75, 3.05) is 13.1 Å². The molecular weight excluding hydrogens is 397 g/mol. The van der Waals surface area contributed by atoms with Crippen LogP contribution in [0.15, 0.2) is 48.5 Å². The number of nitrogens with two attached hydrogens (primary N) is 2. The maximum Gasteiger partial charge on any atom is 0.270 e. The summed E-state index contributed by atoms with van der Waals surface area (Å²) in [5, 5.41) is 8.60. The normalized spacial score (nSPS) is 14.7. The van der Waals surface area contributed by atoms with Gasteiger partial charge >= 0.3 is 0 Å². The Labute approximate surface area is 178 Å². The van der Waals surface area contributed by atoms with Crippen LogP contribution in [0.3, 0.4) is 0 Å². The van der Waals surface area contributed by atoms with Crippen LogP contribution in [0.1, 0.15) is 44.8 Å². The number of hydrogen-bond acceptors (Lipinski definition) is 3. The lowest BCUT2D eigenvalue weighted by molar-refractivity contribution is 0.0657. The van der Waals surface area contributed by atoms with Crippen LogP contribution in [0.25, 0.3) is 10.9 Å². The number of nitrogens with zero attached hydrogens (tertiary/aromatic N) is 2. The van der Waals surface area contributed by atoms with Gasteiger partial charge in [0.2, 0.25) is 5.91 Å². The van der Waals surface area contributed by atoms with Crippen LogP contribution >= 0.6 is 0 Å². The first-order valence-corrected chi connectivity index (χ1v) is 10.1. The Hall–Kier alpha value is -3.68. The van der Waals surface area contributed by atoms with Crippen LogP contribution in [0.4, 0.5) is 4.39 Å². The minimum absolute atomic E-state index is 0.0571. The molecule has 0 spiro atoms. The van der Waals surface area contributed by atoms with Gasteiger partial charge in [-0.3, -0.25) is 15.0 Å². The fourth-order valence-corrected chi connectivity index (χ4v) is 3.94. The summed E-state index contributed by atoms with van der Waals surface area (Å²) >= 11 is 0. The molecule has 2 aromatic carbocycles.